The maximum Gasteiger partial charge on any atom is 0.338 e. The standard InChI is InChI=1S/C30H24Cl2N2O4S/c1-3-37-29(36)26-18(2)33-30-34(27(26)20-10-14-23(32)15-11-20)28(35)25(39-30)16-21-6-4-5-7-24(21)38-17-19-8-12-22(31)13-9-19/h4-16,27H,3,17H2,1-2H3/b25-16-/t27-/m0/s1. The minimum absolute atomic E-state index is 0.209. The van der Waals surface area contributed by atoms with Crippen LogP contribution in [-0.2, 0) is 16.1 Å². The third kappa shape index (κ3) is 5.71. The highest BCUT2D eigenvalue weighted by atomic mass is 35.5. The summed E-state index contributed by atoms with van der Waals surface area (Å²) >= 11 is 13.4. The number of ether oxygens (including phenoxy) is 2. The normalized spacial score (nSPS) is 15.1. The largest absolute Gasteiger partial charge is 0.488 e. The van der Waals surface area contributed by atoms with Gasteiger partial charge in [0.15, 0.2) is 4.80 Å². The molecule has 1 aliphatic rings. The van der Waals surface area contributed by atoms with Crippen LogP contribution in [0.5, 0.6) is 5.75 Å². The van der Waals surface area contributed by atoms with Crippen LogP contribution < -0.4 is 19.6 Å². The van der Waals surface area contributed by atoms with Crippen molar-refractivity contribution >= 4 is 46.6 Å². The number of halogens is 2. The zero-order valence-corrected chi connectivity index (χ0v) is 23.5. The van der Waals surface area contributed by atoms with Crippen LogP contribution in [0, 0.1) is 0 Å². The lowest BCUT2D eigenvalue weighted by molar-refractivity contribution is -0.139. The van der Waals surface area contributed by atoms with E-state index in [1.807, 2.05) is 60.7 Å². The number of allylic oxidation sites excluding steroid dienone is 1. The lowest BCUT2D eigenvalue weighted by Gasteiger charge is -2.24. The molecule has 2 heterocycles. The number of carbonyl (C=O) groups excluding carboxylic acids is 1. The fraction of sp³-hybridized carbons (Fsp3) is 0.167. The Morgan fingerprint density at radius 1 is 1.03 bits per heavy atom. The summed E-state index contributed by atoms with van der Waals surface area (Å²) in [6.07, 6.45) is 1.79. The van der Waals surface area contributed by atoms with Gasteiger partial charge in [-0.25, -0.2) is 9.79 Å². The molecule has 0 radical (unpaired) electrons. The quantitative estimate of drug-likeness (QED) is 0.264. The predicted molar refractivity (Wildman–Crippen MR) is 154 cm³/mol. The minimum atomic E-state index is -0.698. The molecule has 5 rings (SSSR count). The second-order valence-corrected chi connectivity index (χ2v) is 10.7. The first-order valence-corrected chi connectivity index (χ1v) is 13.8. The van der Waals surface area contributed by atoms with Crippen LogP contribution in [0.4, 0.5) is 0 Å². The van der Waals surface area contributed by atoms with Crippen molar-refractivity contribution < 1.29 is 14.3 Å². The Morgan fingerprint density at radius 3 is 2.38 bits per heavy atom. The molecule has 0 saturated carbocycles. The maximum atomic E-state index is 13.9. The van der Waals surface area contributed by atoms with E-state index in [1.54, 1.807) is 36.6 Å². The van der Waals surface area contributed by atoms with E-state index in [4.69, 9.17) is 32.7 Å². The molecule has 3 aromatic carbocycles. The lowest BCUT2D eigenvalue weighted by Crippen LogP contribution is -2.39. The molecule has 9 heteroatoms. The minimum Gasteiger partial charge on any atom is -0.488 e. The van der Waals surface area contributed by atoms with E-state index in [2.05, 4.69) is 4.99 Å². The van der Waals surface area contributed by atoms with E-state index in [-0.39, 0.29) is 12.2 Å². The number of carbonyl (C=O) groups is 1. The topological polar surface area (TPSA) is 69.9 Å². The van der Waals surface area contributed by atoms with Gasteiger partial charge in [0.1, 0.15) is 12.4 Å². The highest BCUT2D eigenvalue weighted by molar-refractivity contribution is 7.07. The molecule has 0 bridgehead atoms. The fourth-order valence-corrected chi connectivity index (χ4v) is 5.66. The number of fused-ring (bicyclic) bond motifs is 1. The van der Waals surface area contributed by atoms with Crippen molar-refractivity contribution in [1.29, 1.82) is 0 Å². The van der Waals surface area contributed by atoms with E-state index < -0.39 is 12.0 Å². The molecular formula is C30H24Cl2N2O4S. The molecule has 0 unspecified atom stereocenters. The van der Waals surface area contributed by atoms with Gasteiger partial charge in [0, 0.05) is 15.6 Å². The molecule has 1 atom stereocenters. The van der Waals surface area contributed by atoms with Gasteiger partial charge in [0.25, 0.3) is 5.56 Å². The number of esters is 1. The third-order valence-electron chi connectivity index (χ3n) is 6.22. The van der Waals surface area contributed by atoms with E-state index in [1.165, 1.54) is 11.3 Å². The van der Waals surface area contributed by atoms with Gasteiger partial charge in [-0.3, -0.25) is 9.36 Å². The molecule has 4 aromatic rings. The molecule has 0 fully saturated rings. The van der Waals surface area contributed by atoms with Crippen molar-refractivity contribution in [3.05, 3.63) is 130 Å². The Hall–Kier alpha value is -3.65. The monoisotopic (exact) mass is 578 g/mol. The van der Waals surface area contributed by atoms with Gasteiger partial charge in [-0.15, -0.1) is 0 Å². The Balaban J connectivity index is 1.59. The molecule has 0 aliphatic carbocycles. The zero-order chi connectivity index (χ0) is 27.5. The van der Waals surface area contributed by atoms with Crippen LogP contribution in [-0.4, -0.2) is 17.1 Å². The molecule has 198 valence electrons. The summed E-state index contributed by atoms with van der Waals surface area (Å²) in [5.41, 5.74) is 3.02. The van der Waals surface area contributed by atoms with E-state index >= 15 is 0 Å². The number of hydrogen-bond donors (Lipinski definition) is 0. The van der Waals surface area contributed by atoms with Crippen molar-refractivity contribution in [3.63, 3.8) is 0 Å². The van der Waals surface area contributed by atoms with Crippen LogP contribution in [0.25, 0.3) is 6.08 Å². The van der Waals surface area contributed by atoms with Crippen LogP contribution >= 0.6 is 34.5 Å². The Morgan fingerprint density at radius 2 is 1.69 bits per heavy atom. The summed E-state index contributed by atoms with van der Waals surface area (Å²) in [7, 11) is 0. The number of aromatic nitrogens is 1. The Kier molecular flexibility index (Phi) is 8.02. The van der Waals surface area contributed by atoms with E-state index in [0.29, 0.717) is 43.0 Å². The smallest absolute Gasteiger partial charge is 0.338 e. The summed E-state index contributed by atoms with van der Waals surface area (Å²) in [6.45, 7) is 4.06. The Bertz CT molecular complexity index is 1740. The van der Waals surface area contributed by atoms with Crippen molar-refractivity contribution in [2.24, 2.45) is 4.99 Å². The molecule has 0 saturated heterocycles. The van der Waals surface area contributed by atoms with Crippen LogP contribution in [0.1, 0.15) is 36.6 Å². The van der Waals surface area contributed by atoms with Gasteiger partial charge in [0.2, 0.25) is 0 Å². The fourth-order valence-electron chi connectivity index (χ4n) is 4.37. The molecule has 1 aromatic heterocycles. The highest BCUT2D eigenvalue weighted by Crippen LogP contribution is 2.31. The molecule has 0 N–H and O–H groups in total. The summed E-state index contributed by atoms with van der Waals surface area (Å²) in [4.78, 5) is 32.0. The van der Waals surface area contributed by atoms with Crippen LogP contribution in [0.15, 0.2) is 93.9 Å². The summed E-state index contributed by atoms with van der Waals surface area (Å²) in [5, 5.41) is 1.22. The second-order valence-electron chi connectivity index (χ2n) is 8.81. The van der Waals surface area contributed by atoms with Gasteiger partial charge in [-0.05, 0) is 61.4 Å². The summed E-state index contributed by atoms with van der Waals surface area (Å²) in [5.74, 6) is 0.129. The average molecular weight is 580 g/mol. The maximum absolute atomic E-state index is 13.9. The SMILES string of the molecule is CCOC(=O)C1=C(C)N=c2s/c(=C\c3ccccc3OCc3ccc(Cl)cc3)c(=O)n2[C@H]1c1ccc(Cl)cc1. The van der Waals surface area contributed by atoms with Gasteiger partial charge < -0.3 is 9.47 Å². The van der Waals surface area contributed by atoms with Gasteiger partial charge in [0.05, 0.1) is 28.5 Å². The first-order valence-electron chi connectivity index (χ1n) is 12.3. The van der Waals surface area contributed by atoms with Gasteiger partial charge in [-0.2, -0.15) is 0 Å². The number of para-hydroxylation sites is 1. The molecule has 1 aliphatic heterocycles. The second kappa shape index (κ2) is 11.6. The third-order valence-corrected chi connectivity index (χ3v) is 7.70. The molecule has 0 amide bonds. The van der Waals surface area contributed by atoms with Crippen molar-refractivity contribution in [1.82, 2.24) is 4.57 Å². The Labute approximate surface area is 239 Å². The van der Waals surface area contributed by atoms with Crippen molar-refractivity contribution in [3.8, 4) is 5.75 Å². The number of rotatable bonds is 7. The van der Waals surface area contributed by atoms with Crippen LogP contribution in [0.3, 0.4) is 0 Å². The molecule has 0 spiro atoms. The summed E-state index contributed by atoms with van der Waals surface area (Å²) in [6, 6.07) is 21.3. The average Bonchev–Trinajstić information content (AvgIpc) is 3.23. The predicted octanol–water partition coefficient (Wildman–Crippen LogP) is 5.68. The van der Waals surface area contributed by atoms with Gasteiger partial charge in [-0.1, -0.05) is 77.0 Å². The number of nitrogens with zero attached hydrogens (tertiary/aromatic N) is 2. The van der Waals surface area contributed by atoms with Crippen molar-refractivity contribution in [2.45, 2.75) is 26.5 Å². The molecule has 6 nitrogen and oxygen atoms in total. The molecular weight excluding hydrogens is 555 g/mol. The number of benzene rings is 3. The first-order chi connectivity index (χ1) is 18.9. The van der Waals surface area contributed by atoms with Gasteiger partial charge >= 0.3 is 5.97 Å². The summed E-state index contributed by atoms with van der Waals surface area (Å²) < 4.78 is 13.4. The highest BCUT2D eigenvalue weighted by Gasteiger charge is 2.33. The van der Waals surface area contributed by atoms with Crippen LogP contribution in [0.2, 0.25) is 10.0 Å². The lowest BCUT2D eigenvalue weighted by atomic mass is 9.96. The molecule has 39 heavy (non-hydrogen) atoms. The number of thiazole rings is 1. The van der Waals surface area contributed by atoms with E-state index in [0.717, 1.165) is 16.7 Å². The zero-order valence-electron chi connectivity index (χ0n) is 21.2. The van der Waals surface area contributed by atoms with Crippen molar-refractivity contribution in [2.75, 3.05) is 6.61 Å². The first kappa shape index (κ1) is 26.9. The number of hydrogen-bond acceptors (Lipinski definition) is 6. The van der Waals surface area contributed by atoms with E-state index in [9.17, 15) is 9.59 Å².